The van der Waals surface area contributed by atoms with E-state index in [1.165, 1.54) is 11.6 Å². The number of rotatable bonds is 5. The minimum Gasteiger partial charge on any atom is -0.504 e. The molecule has 0 radical (unpaired) electrons. The van der Waals surface area contributed by atoms with Crippen molar-refractivity contribution in [1.29, 1.82) is 0 Å². The molecule has 1 fully saturated rings. The molecule has 26 heavy (non-hydrogen) atoms. The Balaban J connectivity index is 1.44. The fraction of sp³-hybridized carbons (Fsp3) is 0.381. The number of aryl methyl sites for hydroxylation is 1. The average Bonchev–Trinajstić information content (AvgIpc) is 2.65. The van der Waals surface area contributed by atoms with Gasteiger partial charge in [0.05, 0.1) is 0 Å². The van der Waals surface area contributed by atoms with Gasteiger partial charge in [-0.05, 0) is 56.1 Å². The number of phenolic OH excluding ortho intramolecular Hbond substituents is 2. The molecule has 1 aliphatic rings. The normalized spacial score (nSPS) is 15.7. The van der Waals surface area contributed by atoms with Crippen LogP contribution < -0.4 is 5.32 Å². The second-order valence-electron chi connectivity index (χ2n) is 7.08. The second kappa shape index (κ2) is 8.23. The molecule has 138 valence electrons. The molecular formula is C21H26N2O3. The molecule has 0 bridgehead atoms. The molecule has 0 saturated carbocycles. The van der Waals surface area contributed by atoms with E-state index in [9.17, 15) is 15.0 Å². The number of carbonyl (C=O) groups excluding carboxylic acids is 1. The third-order valence-corrected chi connectivity index (χ3v) is 4.99. The highest BCUT2D eigenvalue weighted by atomic mass is 16.3. The summed E-state index contributed by atoms with van der Waals surface area (Å²) in [5, 5.41) is 22.0. The largest absolute Gasteiger partial charge is 0.504 e. The topological polar surface area (TPSA) is 72.8 Å². The van der Waals surface area contributed by atoms with E-state index >= 15 is 0 Å². The summed E-state index contributed by atoms with van der Waals surface area (Å²) >= 11 is 0. The molecule has 0 atom stereocenters. The molecule has 1 amide bonds. The highest BCUT2D eigenvalue weighted by Crippen LogP contribution is 2.26. The summed E-state index contributed by atoms with van der Waals surface area (Å²) in [7, 11) is 0. The van der Waals surface area contributed by atoms with Crippen LogP contribution in [0.1, 0.15) is 29.5 Å². The summed E-state index contributed by atoms with van der Waals surface area (Å²) in [6, 6.07) is 13.1. The van der Waals surface area contributed by atoms with E-state index in [2.05, 4.69) is 29.3 Å². The van der Waals surface area contributed by atoms with Gasteiger partial charge in [-0.2, -0.15) is 0 Å². The highest BCUT2D eigenvalue weighted by Gasteiger charge is 2.24. The summed E-state index contributed by atoms with van der Waals surface area (Å²) in [6.07, 6.45) is 1.67. The lowest BCUT2D eigenvalue weighted by Gasteiger charge is -2.31. The van der Waals surface area contributed by atoms with Crippen molar-refractivity contribution in [3.63, 3.8) is 0 Å². The van der Waals surface area contributed by atoms with Crippen LogP contribution in [0.5, 0.6) is 11.5 Å². The van der Waals surface area contributed by atoms with Crippen LogP contribution in [0, 0.1) is 12.8 Å². The lowest BCUT2D eigenvalue weighted by atomic mass is 9.95. The van der Waals surface area contributed by atoms with Crippen LogP contribution >= 0.6 is 0 Å². The Morgan fingerprint density at radius 3 is 2.35 bits per heavy atom. The maximum absolute atomic E-state index is 12.4. The third-order valence-electron chi connectivity index (χ3n) is 4.99. The molecule has 2 aromatic carbocycles. The van der Waals surface area contributed by atoms with E-state index < -0.39 is 0 Å². The van der Waals surface area contributed by atoms with Crippen LogP contribution in [0.2, 0.25) is 0 Å². The zero-order valence-corrected chi connectivity index (χ0v) is 15.1. The molecule has 1 heterocycles. The standard InChI is InChI=1S/C21H26N2O3/c1-15-2-4-16(5-3-15)13-22-21(26)18-8-10-23(11-9-18)14-17-6-7-19(24)20(25)12-17/h2-7,12,18,24-25H,8-11,13-14H2,1H3,(H,22,26). The van der Waals surface area contributed by atoms with Crippen molar-refractivity contribution >= 4 is 5.91 Å². The van der Waals surface area contributed by atoms with Crippen molar-refractivity contribution in [2.45, 2.75) is 32.9 Å². The van der Waals surface area contributed by atoms with Gasteiger partial charge >= 0.3 is 0 Å². The molecule has 0 aliphatic carbocycles. The number of likely N-dealkylation sites (tertiary alicyclic amines) is 1. The zero-order valence-electron chi connectivity index (χ0n) is 15.1. The number of phenols is 2. The van der Waals surface area contributed by atoms with Gasteiger partial charge in [0.2, 0.25) is 5.91 Å². The monoisotopic (exact) mass is 354 g/mol. The lowest BCUT2D eigenvalue weighted by molar-refractivity contribution is -0.126. The van der Waals surface area contributed by atoms with Crippen molar-refractivity contribution in [2.24, 2.45) is 5.92 Å². The summed E-state index contributed by atoms with van der Waals surface area (Å²) < 4.78 is 0. The first-order chi connectivity index (χ1) is 12.5. The van der Waals surface area contributed by atoms with Crippen LogP contribution in [-0.4, -0.2) is 34.1 Å². The fourth-order valence-electron chi connectivity index (χ4n) is 3.32. The summed E-state index contributed by atoms with van der Waals surface area (Å²) in [6.45, 7) is 5.04. The quantitative estimate of drug-likeness (QED) is 0.722. The molecule has 5 nitrogen and oxygen atoms in total. The first kappa shape index (κ1) is 18.3. The van der Waals surface area contributed by atoms with Gasteiger partial charge in [-0.25, -0.2) is 0 Å². The van der Waals surface area contributed by atoms with Crippen LogP contribution in [0.25, 0.3) is 0 Å². The maximum Gasteiger partial charge on any atom is 0.223 e. The van der Waals surface area contributed by atoms with Gasteiger partial charge in [0.15, 0.2) is 11.5 Å². The van der Waals surface area contributed by atoms with Crippen molar-refractivity contribution in [2.75, 3.05) is 13.1 Å². The molecule has 2 aromatic rings. The zero-order chi connectivity index (χ0) is 18.5. The van der Waals surface area contributed by atoms with Gasteiger partial charge in [0.25, 0.3) is 0 Å². The van der Waals surface area contributed by atoms with Crippen molar-refractivity contribution in [3.05, 3.63) is 59.2 Å². The predicted octanol–water partition coefficient (Wildman–Crippen LogP) is 2.93. The molecule has 5 heteroatoms. The lowest BCUT2D eigenvalue weighted by Crippen LogP contribution is -2.40. The Labute approximate surface area is 154 Å². The number of nitrogens with zero attached hydrogens (tertiary/aromatic N) is 1. The third kappa shape index (κ3) is 4.76. The van der Waals surface area contributed by atoms with E-state index in [1.54, 1.807) is 6.07 Å². The van der Waals surface area contributed by atoms with Gasteiger partial charge in [-0.3, -0.25) is 9.69 Å². The number of amides is 1. The van der Waals surface area contributed by atoms with Crippen LogP contribution in [0.15, 0.2) is 42.5 Å². The molecular weight excluding hydrogens is 328 g/mol. The Bertz CT molecular complexity index is 750. The number of piperidine rings is 1. The predicted molar refractivity (Wildman–Crippen MR) is 101 cm³/mol. The van der Waals surface area contributed by atoms with Gasteiger partial charge in [0, 0.05) is 19.0 Å². The van der Waals surface area contributed by atoms with Gasteiger partial charge < -0.3 is 15.5 Å². The molecule has 0 unspecified atom stereocenters. The van der Waals surface area contributed by atoms with E-state index in [1.807, 2.05) is 18.2 Å². The average molecular weight is 354 g/mol. The minimum atomic E-state index is -0.0993. The minimum absolute atomic E-state index is 0.0601. The van der Waals surface area contributed by atoms with Crippen molar-refractivity contribution in [1.82, 2.24) is 10.2 Å². The van der Waals surface area contributed by atoms with Crippen molar-refractivity contribution < 1.29 is 15.0 Å². The summed E-state index contributed by atoms with van der Waals surface area (Å²) in [5.41, 5.74) is 3.30. The smallest absolute Gasteiger partial charge is 0.223 e. The van der Waals surface area contributed by atoms with Gasteiger partial charge in [-0.15, -0.1) is 0 Å². The molecule has 3 rings (SSSR count). The number of aromatic hydroxyl groups is 2. The van der Waals surface area contributed by atoms with E-state index in [0.717, 1.165) is 37.1 Å². The number of hydrogen-bond donors (Lipinski definition) is 3. The van der Waals surface area contributed by atoms with Crippen LogP contribution in [0.3, 0.4) is 0 Å². The van der Waals surface area contributed by atoms with Crippen LogP contribution in [0.4, 0.5) is 0 Å². The SMILES string of the molecule is Cc1ccc(CNC(=O)C2CCN(Cc3ccc(O)c(O)c3)CC2)cc1. The highest BCUT2D eigenvalue weighted by molar-refractivity contribution is 5.78. The van der Waals surface area contributed by atoms with Gasteiger partial charge in [0.1, 0.15) is 0 Å². The van der Waals surface area contributed by atoms with Crippen LogP contribution in [-0.2, 0) is 17.9 Å². The van der Waals surface area contributed by atoms with E-state index in [0.29, 0.717) is 13.1 Å². The number of benzene rings is 2. The summed E-state index contributed by atoms with van der Waals surface area (Å²) in [4.78, 5) is 14.7. The molecule has 1 saturated heterocycles. The fourth-order valence-corrected chi connectivity index (χ4v) is 3.32. The molecule has 3 N–H and O–H groups in total. The summed E-state index contributed by atoms with van der Waals surface area (Å²) in [5.74, 6) is 0.00278. The first-order valence-electron chi connectivity index (χ1n) is 9.08. The van der Waals surface area contributed by atoms with Gasteiger partial charge in [-0.1, -0.05) is 35.9 Å². The Morgan fingerprint density at radius 1 is 1.04 bits per heavy atom. The number of hydrogen-bond acceptors (Lipinski definition) is 4. The number of carbonyl (C=O) groups is 1. The number of nitrogens with one attached hydrogen (secondary N) is 1. The Kier molecular flexibility index (Phi) is 5.78. The molecule has 1 aliphatic heterocycles. The molecule has 0 aromatic heterocycles. The van der Waals surface area contributed by atoms with E-state index in [4.69, 9.17) is 0 Å². The van der Waals surface area contributed by atoms with E-state index in [-0.39, 0.29) is 23.3 Å². The maximum atomic E-state index is 12.4. The van der Waals surface area contributed by atoms with Crippen molar-refractivity contribution in [3.8, 4) is 11.5 Å². The first-order valence-corrected chi connectivity index (χ1v) is 9.08. The second-order valence-corrected chi connectivity index (χ2v) is 7.08. The molecule has 0 spiro atoms. The Morgan fingerprint density at radius 2 is 1.69 bits per heavy atom. The Hall–Kier alpha value is -2.53.